The van der Waals surface area contributed by atoms with E-state index >= 15 is 0 Å². The Balaban J connectivity index is 1.68. The van der Waals surface area contributed by atoms with Crippen LogP contribution in [0, 0.1) is 0 Å². The molecule has 3 aromatic heterocycles. The van der Waals surface area contributed by atoms with Crippen LogP contribution >= 0.6 is 38.6 Å². The second-order valence-electron chi connectivity index (χ2n) is 5.21. The Hall–Kier alpha value is -0.690. The summed E-state index contributed by atoms with van der Waals surface area (Å²) in [6.07, 6.45) is 4.45. The van der Waals surface area contributed by atoms with Gasteiger partial charge in [0.15, 0.2) is 0 Å². The Morgan fingerprint density at radius 2 is 2.20 bits per heavy atom. The lowest BCUT2D eigenvalue weighted by Crippen LogP contribution is -2.18. The van der Waals surface area contributed by atoms with Gasteiger partial charge in [0.1, 0.15) is 5.82 Å². The number of hydrogen-bond donors (Lipinski definition) is 1. The molecule has 0 aliphatic carbocycles. The molecule has 0 aromatic carbocycles. The molecule has 1 unspecified atom stereocenters. The number of H-pyrrole nitrogens is 1. The van der Waals surface area contributed by atoms with Crippen LogP contribution in [0.3, 0.4) is 0 Å². The summed E-state index contributed by atoms with van der Waals surface area (Å²) >= 11 is 7.15. The molecular weight excluding hydrogens is 354 g/mol. The van der Waals surface area contributed by atoms with E-state index in [1.165, 1.54) is 37.4 Å². The lowest BCUT2D eigenvalue weighted by molar-refractivity contribution is 0.307. The maximum absolute atomic E-state index is 4.60. The molecule has 1 N–H and O–H groups in total. The smallest absolute Gasteiger partial charge is 0.123 e. The minimum atomic E-state index is 0.457. The summed E-state index contributed by atoms with van der Waals surface area (Å²) in [5, 5.41) is 0. The largest absolute Gasteiger partial charge is 0.340 e. The molecule has 3 aromatic rings. The van der Waals surface area contributed by atoms with Gasteiger partial charge in [0.25, 0.3) is 0 Å². The van der Waals surface area contributed by atoms with Crippen LogP contribution in [0.25, 0.3) is 20.0 Å². The Kier molecular flexibility index (Phi) is 3.22. The Morgan fingerprint density at radius 3 is 2.95 bits per heavy atom. The first kappa shape index (κ1) is 13.0. The Labute approximate surface area is 133 Å². The van der Waals surface area contributed by atoms with Gasteiger partial charge in [-0.15, -0.1) is 22.7 Å². The number of fused-ring (bicyclic) bond motifs is 1. The second kappa shape index (κ2) is 4.94. The number of likely N-dealkylation sites (tertiary alicyclic amines) is 1. The molecular formula is C14H14BrN3S2. The highest BCUT2D eigenvalue weighted by atomic mass is 79.9. The highest BCUT2D eigenvalue weighted by Crippen LogP contribution is 2.40. The van der Waals surface area contributed by atoms with Crippen molar-refractivity contribution in [1.82, 2.24) is 14.9 Å². The molecule has 0 radical (unpaired) electrons. The molecule has 1 aliphatic heterocycles. The quantitative estimate of drug-likeness (QED) is 0.699. The average molecular weight is 368 g/mol. The normalized spacial score (nSPS) is 20.2. The third kappa shape index (κ3) is 2.15. The number of aromatic nitrogens is 2. The standard InChI is InChI=1S/C14H14BrN3S2/c1-18-4-2-3-9(18)14-16-7-8(17-14)10-5-11-12(19-10)6-13(15)20-11/h5-7,9H,2-4H2,1H3,(H,16,17). The fraction of sp³-hybridized carbons (Fsp3) is 0.357. The van der Waals surface area contributed by atoms with Crippen LogP contribution < -0.4 is 0 Å². The molecule has 20 heavy (non-hydrogen) atoms. The summed E-state index contributed by atoms with van der Waals surface area (Å²) in [7, 11) is 2.18. The van der Waals surface area contributed by atoms with Crippen molar-refractivity contribution < 1.29 is 0 Å². The van der Waals surface area contributed by atoms with E-state index in [-0.39, 0.29) is 0 Å². The number of nitrogens with zero attached hydrogens (tertiary/aromatic N) is 2. The first-order chi connectivity index (χ1) is 9.70. The van der Waals surface area contributed by atoms with Crippen molar-refractivity contribution in [3.63, 3.8) is 0 Å². The van der Waals surface area contributed by atoms with Crippen LogP contribution in [0.2, 0.25) is 0 Å². The summed E-state index contributed by atoms with van der Waals surface area (Å²) in [6.45, 7) is 1.17. The molecule has 1 aliphatic rings. The molecule has 1 saturated heterocycles. The molecule has 0 spiro atoms. The van der Waals surface area contributed by atoms with Gasteiger partial charge < -0.3 is 4.98 Å². The number of imidazole rings is 1. The van der Waals surface area contributed by atoms with Gasteiger partial charge in [-0.25, -0.2) is 4.98 Å². The molecule has 3 nitrogen and oxygen atoms in total. The summed E-state index contributed by atoms with van der Waals surface area (Å²) in [5.41, 5.74) is 1.14. The monoisotopic (exact) mass is 367 g/mol. The zero-order valence-corrected chi connectivity index (χ0v) is 14.2. The van der Waals surface area contributed by atoms with E-state index in [0.717, 1.165) is 11.5 Å². The van der Waals surface area contributed by atoms with Crippen LogP contribution in [0.4, 0.5) is 0 Å². The average Bonchev–Trinajstić information content (AvgIpc) is 3.09. The molecule has 0 saturated carbocycles. The second-order valence-corrected chi connectivity index (χ2v) is 8.76. The lowest BCUT2D eigenvalue weighted by Gasteiger charge is -2.16. The van der Waals surface area contributed by atoms with Crippen molar-refractivity contribution in [3.05, 3.63) is 27.9 Å². The van der Waals surface area contributed by atoms with E-state index in [4.69, 9.17) is 0 Å². The molecule has 4 heterocycles. The minimum absolute atomic E-state index is 0.457. The van der Waals surface area contributed by atoms with E-state index < -0.39 is 0 Å². The SMILES string of the molecule is CN1CCCC1c1ncc(-c2cc3sc(Br)cc3s2)[nH]1. The van der Waals surface area contributed by atoms with Crippen LogP contribution in [0.5, 0.6) is 0 Å². The predicted molar refractivity (Wildman–Crippen MR) is 89.6 cm³/mol. The van der Waals surface area contributed by atoms with Gasteiger partial charge in [-0.2, -0.15) is 0 Å². The van der Waals surface area contributed by atoms with Gasteiger partial charge in [0.2, 0.25) is 0 Å². The van der Waals surface area contributed by atoms with Crippen molar-refractivity contribution >= 4 is 48.0 Å². The summed E-state index contributed by atoms with van der Waals surface area (Å²) < 4.78 is 3.88. The predicted octanol–water partition coefficient (Wildman–Crippen LogP) is 4.88. The highest BCUT2D eigenvalue weighted by molar-refractivity contribution is 9.11. The number of aromatic amines is 1. The van der Waals surface area contributed by atoms with Gasteiger partial charge >= 0.3 is 0 Å². The topological polar surface area (TPSA) is 31.9 Å². The van der Waals surface area contributed by atoms with Gasteiger partial charge in [0.05, 0.1) is 26.6 Å². The highest BCUT2D eigenvalue weighted by Gasteiger charge is 2.25. The number of halogens is 1. The molecule has 1 atom stereocenters. The maximum Gasteiger partial charge on any atom is 0.123 e. The summed E-state index contributed by atoms with van der Waals surface area (Å²) in [4.78, 5) is 11.8. The fourth-order valence-electron chi connectivity index (χ4n) is 2.83. The van der Waals surface area contributed by atoms with E-state index in [9.17, 15) is 0 Å². The third-order valence-electron chi connectivity index (χ3n) is 3.87. The third-order valence-corrected chi connectivity index (χ3v) is 6.70. The van der Waals surface area contributed by atoms with Crippen LogP contribution in [0.1, 0.15) is 24.7 Å². The number of thiophene rings is 2. The van der Waals surface area contributed by atoms with Gasteiger partial charge in [-0.05, 0) is 54.5 Å². The van der Waals surface area contributed by atoms with Crippen molar-refractivity contribution in [2.45, 2.75) is 18.9 Å². The van der Waals surface area contributed by atoms with E-state index in [0.29, 0.717) is 6.04 Å². The minimum Gasteiger partial charge on any atom is -0.340 e. The van der Waals surface area contributed by atoms with E-state index in [1.54, 1.807) is 11.3 Å². The molecule has 1 fully saturated rings. The molecule has 4 rings (SSSR count). The summed E-state index contributed by atoms with van der Waals surface area (Å²) in [6, 6.07) is 4.90. The zero-order valence-electron chi connectivity index (χ0n) is 11.0. The van der Waals surface area contributed by atoms with E-state index in [1.807, 2.05) is 17.5 Å². The summed E-state index contributed by atoms with van der Waals surface area (Å²) in [5.74, 6) is 1.11. The molecule has 6 heteroatoms. The first-order valence-corrected chi connectivity index (χ1v) is 9.08. The fourth-order valence-corrected chi connectivity index (χ4v) is 5.82. The Morgan fingerprint density at radius 1 is 1.35 bits per heavy atom. The van der Waals surface area contributed by atoms with Crippen LogP contribution in [-0.2, 0) is 0 Å². The van der Waals surface area contributed by atoms with E-state index in [2.05, 4.69) is 50.0 Å². The van der Waals surface area contributed by atoms with Crippen molar-refractivity contribution in [2.75, 3.05) is 13.6 Å². The number of hydrogen-bond acceptors (Lipinski definition) is 4. The maximum atomic E-state index is 4.60. The molecule has 104 valence electrons. The number of rotatable bonds is 2. The molecule has 0 amide bonds. The zero-order chi connectivity index (χ0) is 13.7. The number of nitrogens with one attached hydrogen (secondary N) is 1. The lowest BCUT2D eigenvalue weighted by atomic mass is 10.2. The van der Waals surface area contributed by atoms with Crippen LogP contribution in [-0.4, -0.2) is 28.5 Å². The van der Waals surface area contributed by atoms with Gasteiger partial charge in [-0.1, -0.05) is 0 Å². The van der Waals surface area contributed by atoms with Crippen molar-refractivity contribution in [1.29, 1.82) is 0 Å². The Bertz CT molecular complexity index is 726. The van der Waals surface area contributed by atoms with Gasteiger partial charge in [-0.3, -0.25) is 4.90 Å². The van der Waals surface area contributed by atoms with Crippen molar-refractivity contribution in [2.24, 2.45) is 0 Å². The van der Waals surface area contributed by atoms with Gasteiger partial charge in [0, 0.05) is 9.40 Å². The van der Waals surface area contributed by atoms with Crippen molar-refractivity contribution in [3.8, 4) is 10.6 Å². The first-order valence-electron chi connectivity index (χ1n) is 6.65. The van der Waals surface area contributed by atoms with Crippen LogP contribution in [0.15, 0.2) is 22.1 Å². The molecule has 0 bridgehead atoms.